The predicted octanol–water partition coefficient (Wildman–Crippen LogP) is 4.62. The topological polar surface area (TPSA) is 75.4 Å². The number of aromatic nitrogens is 2. The van der Waals surface area contributed by atoms with Gasteiger partial charge < -0.3 is 14.6 Å². The molecule has 9 heteroatoms. The number of hydrogen-bond donors (Lipinski definition) is 1. The van der Waals surface area contributed by atoms with Crippen LogP contribution in [0.2, 0.25) is 0 Å². The van der Waals surface area contributed by atoms with Gasteiger partial charge in [0.05, 0.1) is 17.3 Å². The van der Waals surface area contributed by atoms with Gasteiger partial charge in [0.15, 0.2) is 0 Å². The Balaban J connectivity index is 1.44. The highest BCUT2D eigenvalue weighted by molar-refractivity contribution is 5.77. The number of rotatable bonds is 6. The molecule has 1 aromatic carbocycles. The summed E-state index contributed by atoms with van der Waals surface area (Å²) in [5, 5.41) is 9.55. The second-order valence-corrected chi connectivity index (χ2v) is 8.77. The molecule has 0 unspecified atom stereocenters. The number of nitrogens with zero attached hydrogens (tertiary/aromatic N) is 3. The molecular weight excluding hydrogens is 459 g/mol. The van der Waals surface area contributed by atoms with E-state index in [-0.39, 0.29) is 36.2 Å². The van der Waals surface area contributed by atoms with Crippen molar-refractivity contribution in [2.45, 2.75) is 51.4 Å². The number of benzene rings is 1. The Bertz CT molecular complexity index is 1270. The zero-order chi connectivity index (χ0) is 25.2. The Morgan fingerprint density at radius 3 is 2.57 bits per heavy atom. The third-order valence-corrected chi connectivity index (χ3v) is 6.28. The van der Waals surface area contributed by atoms with Crippen molar-refractivity contribution in [3.05, 3.63) is 93.2 Å². The van der Waals surface area contributed by atoms with Gasteiger partial charge in [-0.2, -0.15) is 13.2 Å². The van der Waals surface area contributed by atoms with Gasteiger partial charge in [0, 0.05) is 43.4 Å². The minimum atomic E-state index is -4.37. The van der Waals surface area contributed by atoms with E-state index in [1.165, 1.54) is 22.8 Å². The molecule has 1 aliphatic rings. The molecule has 1 N–H and O–H groups in total. The largest absolute Gasteiger partial charge is 0.508 e. The summed E-state index contributed by atoms with van der Waals surface area (Å²) in [7, 11) is 0. The lowest BCUT2D eigenvalue weighted by atomic mass is 10.1. The van der Waals surface area contributed by atoms with Gasteiger partial charge in [0.1, 0.15) is 5.75 Å². The maximum absolute atomic E-state index is 13.0. The third-order valence-electron chi connectivity index (χ3n) is 6.28. The van der Waals surface area contributed by atoms with Crippen molar-refractivity contribution in [1.29, 1.82) is 0 Å². The molecule has 1 fully saturated rings. The van der Waals surface area contributed by atoms with E-state index in [1.807, 2.05) is 18.2 Å². The Morgan fingerprint density at radius 1 is 1.14 bits per heavy atom. The molecule has 4 rings (SSSR count). The number of likely N-dealkylation sites (tertiary alicyclic amines) is 1. The van der Waals surface area contributed by atoms with Crippen LogP contribution in [-0.2, 0) is 23.9 Å². The van der Waals surface area contributed by atoms with Gasteiger partial charge in [-0.05, 0) is 55.7 Å². The number of aryl methyl sites for hydroxylation is 1. The summed E-state index contributed by atoms with van der Waals surface area (Å²) in [4.78, 5) is 31.7. The van der Waals surface area contributed by atoms with E-state index in [1.54, 1.807) is 11.8 Å². The number of carbonyl (C=O) groups excluding carboxylic acids is 1. The van der Waals surface area contributed by atoms with Gasteiger partial charge in [0.25, 0.3) is 5.56 Å². The Kier molecular flexibility index (Phi) is 6.95. The summed E-state index contributed by atoms with van der Waals surface area (Å²) in [6.07, 6.45) is -2.24. The molecule has 1 atom stereocenters. The summed E-state index contributed by atoms with van der Waals surface area (Å²) in [5.74, 6) is -0.182. The lowest BCUT2D eigenvalue weighted by molar-refractivity contribution is -0.137. The van der Waals surface area contributed by atoms with Crippen LogP contribution >= 0.6 is 0 Å². The molecule has 35 heavy (non-hydrogen) atoms. The summed E-state index contributed by atoms with van der Waals surface area (Å²) in [6.45, 7) is 2.52. The van der Waals surface area contributed by atoms with Gasteiger partial charge in [-0.15, -0.1) is 0 Å². The van der Waals surface area contributed by atoms with E-state index >= 15 is 0 Å². The molecule has 6 nitrogen and oxygen atoms in total. The zero-order valence-corrected chi connectivity index (χ0v) is 19.3. The normalized spacial score (nSPS) is 16.0. The second-order valence-electron chi connectivity index (χ2n) is 8.77. The first-order valence-electron chi connectivity index (χ1n) is 11.4. The van der Waals surface area contributed by atoms with Crippen molar-refractivity contribution in [3.8, 4) is 5.75 Å². The molecule has 0 saturated carbocycles. The van der Waals surface area contributed by atoms with Crippen molar-refractivity contribution < 1.29 is 23.1 Å². The van der Waals surface area contributed by atoms with Crippen molar-refractivity contribution in [3.63, 3.8) is 0 Å². The summed E-state index contributed by atoms with van der Waals surface area (Å²) >= 11 is 0. The summed E-state index contributed by atoms with van der Waals surface area (Å²) in [6, 6.07) is 13.0. The maximum Gasteiger partial charge on any atom is 0.416 e. The molecular formula is C26H26F3N3O3. The molecule has 0 aliphatic carbocycles. The Morgan fingerprint density at radius 2 is 1.89 bits per heavy atom. The number of alkyl halides is 3. The van der Waals surface area contributed by atoms with Crippen LogP contribution in [0.25, 0.3) is 0 Å². The number of pyridine rings is 2. The highest BCUT2D eigenvalue weighted by Gasteiger charge is 2.31. The van der Waals surface area contributed by atoms with Crippen molar-refractivity contribution in [2.24, 2.45) is 0 Å². The molecule has 3 aromatic rings. The average Bonchev–Trinajstić information content (AvgIpc) is 3.28. The van der Waals surface area contributed by atoms with Gasteiger partial charge in [0.2, 0.25) is 5.91 Å². The van der Waals surface area contributed by atoms with Crippen LogP contribution < -0.4 is 5.56 Å². The van der Waals surface area contributed by atoms with Crippen molar-refractivity contribution in [2.75, 3.05) is 6.54 Å². The SMILES string of the molecule is Cc1cc(O)cc(=O)n1CCC(=O)N1CCC[C@@H]1c1cccc(Cc2ccc(C(F)(F)F)cc2)n1. The standard InChI is InChI=1S/C26H26F3N3O3/c1-17-14-21(33)16-25(35)31(17)13-11-24(34)32-12-3-6-23(32)22-5-2-4-20(30-22)15-18-7-9-19(10-8-18)26(27,28)29/h2,4-5,7-10,14,16,23,33H,3,6,11-13,15H2,1H3/t23-/m1/s1. The molecule has 0 radical (unpaired) electrons. The Labute approximate surface area is 200 Å². The molecule has 2 aromatic heterocycles. The zero-order valence-electron chi connectivity index (χ0n) is 19.3. The van der Waals surface area contributed by atoms with Gasteiger partial charge >= 0.3 is 6.18 Å². The number of carbonyl (C=O) groups is 1. The number of hydrogen-bond acceptors (Lipinski definition) is 4. The predicted molar refractivity (Wildman–Crippen MR) is 124 cm³/mol. The first-order valence-corrected chi connectivity index (χ1v) is 11.4. The minimum Gasteiger partial charge on any atom is -0.508 e. The fourth-order valence-electron chi connectivity index (χ4n) is 4.53. The molecule has 3 heterocycles. The van der Waals surface area contributed by atoms with Crippen LogP contribution in [0.5, 0.6) is 5.75 Å². The maximum atomic E-state index is 13.0. The third kappa shape index (κ3) is 5.72. The van der Waals surface area contributed by atoms with Crippen LogP contribution in [0, 0.1) is 6.92 Å². The smallest absolute Gasteiger partial charge is 0.416 e. The first kappa shape index (κ1) is 24.5. The van der Waals surface area contributed by atoms with Gasteiger partial charge in [-0.1, -0.05) is 18.2 Å². The summed E-state index contributed by atoms with van der Waals surface area (Å²) < 4.78 is 39.9. The number of halogens is 3. The van der Waals surface area contributed by atoms with E-state index in [0.29, 0.717) is 24.4 Å². The lowest BCUT2D eigenvalue weighted by Gasteiger charge is -2.25. The molecule has 1 amide bonds. The van der Waals surface area contributed by atoms with Crippen LogP contribution in [-0.4, -0.2) is 32.0 Å². The van der Waals surface area contributed by atoms with Gasteiger partial charge in [-0.3, -0.25) is 14.6 Å². The lowest BCUT2D eigenvalue weighted by Crippen LogP contribution is -2.33. The van der Waals surface area contributed by atoms with E-state index in [2.05, 4.69) is 0 Å². The Hall–Kier alpha value is -3.62. The van der Waals surface area contributed by atoms with E-state index in [4.69, 9.17) is 4.98 Å². The number of aromatic hydroxyl groups is 1. The first-order chi connectivity index (χ1) is 16.6. The van der Waals surface area contributed by atoms with Gasteiger partial charge in [-0.25, -0.2) is 0 Å². The second kappa shape index (κ2) is 9.93. The van der Waals surface area contributed by atoms with Crippen LogP contribution in [0.3, 0.4) is 0 Å². The minimum absolute atomic E-state index is 0.0817. The van der Waals surface area contributed by atoms with E-state index in [9.17, 15) is 27.9 Å². The van der Waals surface area contributed by atoms with Crippen LogP contribution in [0.4, 0.5) is 13.2 Å². The van der Waals surface area contributed by atoms with Crippen molar-refractivity contribution >= 4 is 5.91 Å². The molecule has 184 valence electrons. The monoisotopic (exact) mass is 485 g/mol. The number of amides is 1. The van der Waals surface area contributed by atoms with Crippen LogP contribution in [0.15, 0.2) is 59.4 Å². The van der Waals surface area contributed by atoms with Crippen LogP contribution in [0.1, 0.15) is 53.5 Å². The molecule has 0 bridgehead atoms. The highest BCUT2D eigenvalue weighted by Crippen LogP contribution is 2.32. The fourth-order valence-corrected chi connectivity index (χ4v) is 4.53. The molecule has 1 saturated heterocycles. The van der Waals surface area contributed by atoms with E-state index in [0.717, 1.165) is 42.3 Å². The summed E-state index contributed by atoms with van der Waals surface area (Å²) in [5.41, 5.74) is 1.72. The highest BCUT2D eigenvalue weighted by atomic mass is 19.4. The molecule has 0 spiro atoms. The van der Waals surface area contributed by atoms with Crippen molar-refractivity contribution in [1.82, 2.24) is 14.5 Å². The van der Waals surface area contributed by atoms with E-state index < -0.39 is 11.7 Å². The fraction of sp³-hybridized carbons (Fsp3) is 0.346. The average molecular weight is 486 g/mol. The quantitative estimate of drug-likeness (QED) is 0.553. The molecule has 1 aliphatic heterocycles.